The fourth-order valence-corrected chi connectivity index (χ4v) is 3.99. The maximum Gasteiger partial charge on any atom is 0.253 e. The van der Waals surface area contributed by atoms with E-state index in [1.54, 1.807) is 25.1 Å². The lowest BCUT2D eigenvalue weighted by atomic mass is 10.0. The third kappa shape index (κ3) is 7.21. The van der Waals surface area contributed by atoms with Crippen LogP contribution < -0.4 is 4.74 Å². The predicted octanol–water partition coefficient (Wildman–Crippen LogP) is 5.89. The largest absolute Gasteiger partial charge is 0.486 e. The van der Waals surface area contributed by atoms with Gasteiger partial charge in [0.05, 0.1) is 6.54 Å². The minimum absolute atomic E-state index is 0.00268. The molecule has 0 saturated carbocycles. The van der Waals surface area contributed by atoms with E-state index in [9.17, 15) is 9.59 Å². The number of carbonyl (C=O) groups excluding carboxylic acids is 2. The molecular formula is C28H36N2O3. The van der Waals surface area contributed by atoms with Crippen LogP contribution in [0.4, 0.5) is 0 Å². The number of aryl methyl sites for hydroxylation is 1. The molecule has 0 saturated heterocycles. The highest BCUT2D eigenvalue weighted by Crippen LogP contribution is 2.19. The maximum atomic E-state index is 12.5. The summed E-state index contributed by atoms with van der Waals surface area (Å²) >= 11 is 0. The number of hydrogen-bond donors (Lipinski definition) is 0. The standard InChI is InChI=1S/C28H36N2O3/c1-4-5-6-7-8-9-10-22-11-14-26(15-12-22)33-21-25(31)20-30-18-17-23-19-24(13-16-27(23)30)28(32)29(2)3/h11-19H,4-10,20-21H2,1-3H3. The molecule has 0 radical (unpaired) electrons. The second-order valence-corrected chi connectivity index (χ2v) is 8.91. The summed E-state index contributed by atoms with van der Waals surface area (Å²) < 4.78 is 7.61. The molecule has 0 spiro atoms. The average Bonchev–Trinajstić information content (AvgIpc) is 3.22. The van der Waals surface area contributed by atoms with Gasteiger partial charge in [0.2, 0.25) is 0 Å². The van der Waals surface area contributed by atoms with Gasteiger partial charge in [0, 0.05) is 36.8 Å². The van der Waals surface area contributed by atoms with E-state index in [4.69, 9.17) is 4.74 Å². The van der Waals surface area contributed by atoms with Crippen LogP contribution in [0.2, 0.25) is 0 Å². The lowest BCUT2D eigenvalue weighted by Gasteiger charge is -2.11. The topological polar surface area (TPSA) is 51.5 Å². The number of benzene rings is 2. The first-order chi connectivity index (χ1) is 16.0. The monoisotopic (exact) mass is 448 g/mol. The van der Waals surface area contributed by atoms with Crippen LogP contribution in [0.15, 0.2) is 54.7 Å². The van der Waals surface area contributed by atoms with Crippen LogP contribution in [0.5, 0.6) is 5.75 Å². The van der Waals surface area contributed by atoms with E-state index < -0.39 is 0 Å². The molecule has 2 aromatic carbocycles. The number of ketones is 1. The number of carbonyl (C=O) groups is 2. The Morgan fingerprint density at radius 3 is 2.36 bits per heavy atom. The van der Waals surface area contributed by atoms with Crippen LogP contribution in [0, 0.1) is 0 Å². The van der Waals surface area contributed by atoms with Crippen LogP contribution in [0.3, 0.4) is 0 Å². The number of aromatic nitrogens is 1. The number of ether oxygens (including phenoxy) is 1. The zero-order valence-corrected chi connectivity index (χ0v) is 20.2. The van der Waals surface area contributed by atoms with Crippen LogP contribution in [-0.2, 0) is 17.8 Å². The van der Waals surface area contributed by atoms with Crippen molar-refractivity contribution in [1.29, 1.82) is 0 Å². The Labute approximate surface area is 197 Å². The maximum absolute atomic E-state index is 12.5. The van der Waals surface area contributed by atoms with E-state index >= 15 is 0 Å². The van der Waals surface area contributed by atoms with Crippen molar-refractivity contribution in [2.75, 3.05) is 20.7 Å². The quantitative estimate of drug-likeness (QED) is 0.306. The number of amides is 1. The van der Waals surface area contributed by atoms with Crippen molar-refractivity contribution in [2.24, 2.45) is 0 Å². The van der Waals surface area contributed by atoms with E-state index in [1.165, 1.54) is 44.1 Å². The summed E-state index contributed by atoms with van der Waals surface area (Å²) in [7, 11) is 3.47. The summed E-state index contributed by atoms with van der Waals surface area (Å²) in [6.45, 7) is 2.51. The zero-order chi connectivity index (χ0) is 23.6. The van der Waals surface area contributed by atoms with Gasteiger partial charge in [-0.2, -0.15) is 0 Å². The van der Waals surface area contributed by atoms with Gasteiger partial charge in [-0.05, 0) is 54.8 Å². The molecule has 5 heteroatoms. The minimum atomic E-state index is -0.0351. The Balaban J connectivity index is 1.46. The molecule has 33 heavy (non-hydrogen) atoms. The molecule has 3 aromatic rings. The fourth-order valence-electron chi connectivity index (χ4n) is 3.99. The molecule has 0 aliphatic rings. The van der Waals surface area contributed by atoms with E-state index in [0.29, 0.717) is 5.56 Å². The molecule has 0 aliphatic carbocycles. The molecular weight excluding hydrogens is 412 g/mol. The second-order valence-electron chi connectivity index (χ2n) is 8.91. The van der Waals surface area contributed by atoms with Gasteiger partial charge in [-0.3, -0.25) is 9.59 Å². The van der Waals surface area contributed by atoms with Crippen molar-refractivity contribution >= 4 is 22.6 Å². The molecule has 0 bridgehead atoms. The van der Waals surface area contributed by atoms with Crippen molar-refractivity contribution in [3.05, 3.63) is 65.9 Å². The third-order valence-corrected chi connectivity index (χ3v) is 5.91. The second kappa shape index (κ2) is 12.2. The van der Waals surface area contributed by atoms with Crippen LogP contribution in [0.25, 0.3) is 10.9 Å². The van der Waals surface area contributed by atoms with Gasteiger partial charge < -0.3 is 14.2 Å². The highest BCUT2D eigenvalue weighted by molar-refractivity contribution is 5.98. The van der Waals surface area contributed by atoms with Gasteiger partial charge in [-0.15, -0.1) is 0 Å². The SMILES string of the molecule is CCCCCCCCc1ccc(OCC(=O)Cn2ccc3cc(C(=O)N(C)C)ccc32)cc1. The predicted molar refractivity (Wildman–Crippen MR) is 134 cm³/mol. The third-order valence-electron chi connectivity index (χ3n) is 5.91. The molecule has 0 fully saturated rings. The molecule has 1 heterocycles. The highest BCUT2D eigenvalue weighted by Gasteiger charge is 2.12. The van der Waals surface area contributed by atoms with Crippen LogP contribution in [0.1, 0.15) is 61.4 Å². The Bertz CT molecular complexity index is 1050. The van der Waals surface area contributed by atoms with Crippen LogP contribution >= 0.6 is 0 Å². The van der Waals surface area contributed by atoms with Gasteiger partial charge in [-0.25, -0.2) is 0 Å². The molecule has 0 unspecified atom stereocenters. The number of fused-ring (bicyclic) bond motifs is 1. The lowest BCUT2D eigenvalue weighted by molar-refractivity contribution is -0.121. The van der Waals surface area contributed by atoms with E-state index in [0.717, 1.165) is 23.1 Å². The summed E-state index contributed by atoms with van der Waals surface area (Å²) in [5, 5.41) is 0.942. The van der Waals surface area contributed by atoms with E-state index in [1.807, 2.05) is 41.1 Å². The summed E-state index contributed by atoms with van der Waals surface area (Å²) in [6, 6.07) is 15.6. The summed E-state index contributed by atoms with van der Waals surface area (Å²) in [5.74, 6) is 0.684. The highest BCUT2D eigenvalue weighted by atomic mass is 16.5. The zero-order valence-electron chi connectivity index (χ0n) is 20.2. The molecule has 176 valence electrons. The number of nitrogens with zero attached hydrogens (tertiary/aromatic N) is 2. The Morgan fingerprint density at radius 1 is 0.909 bits per heavy atom. The minimum Gasteiger partial charge on any atom is -0.486 e. The Hall–Kier alpha value is -3.08. The first-order valence-electron chi connectivity index (χ1n) is 12.0. The Kier molecular flexibility index (Phi) is 9.11. The molecule has 1 amide bonds. The van der Waals surface area contributed by atoms with Crippen molar-refractivity contribution in [3.8, 4) is 5.75 Å². The molecule has 3 rings (SSSR count). The molecule has 5 nitrogen and oxygen atoms in total. The molecule has 0 N–H and O–H groups in total. The number of hydrogen-bond acceptors (Lipinski definition) is 3. The van der Waals surface area contributed by atoms with Crippen molar-refractivity contribution in [1.82, 2.24) is 9.47 Å². The normalized spacial score (nSPS) is 11.0. The fraction of sp³-hybridized carbons (Fsp3) is 0.429. The van der Waals surface area contributed by atoms with E-state index in [-0.39, 0.29) is 24.8 Å². The van der Waals surface area contributed by atoms with Gasteiger partial charge >= 0.3 is 0 Å². The van der Waals surface area contributed by atoms with Gasteiger partial charge in [0.25, 0.3) is 5.91 Å². The number of Topliss-reactive ketones (excluding diaryl/α,β-unsaturated/α-hetero) is 1. The van der Waals surface area contributed by atoms with Gasteiger partial charge in [-0.1, -0.05) is 51.2 Å². The Morgan fingerprint density at radius 2 is 1.64 bits per heavy atom. The average molecular weight is 449 g/mol. The van der Waals surface area contributed by atoms with Crippen molar-refractivity contribution < 1.29 is 14.3 Å². The summed E-state index contributed by atoms with van der Waals surface area (Å²) in [6.07, 6.45) is 10.8. The number of rotatable bonds is 13. The summed E-state index contributed by atoms with van der Waals surface area (Å²) in [4.78, 5) is 26.2. The van der Waals surface area contributed by atoms with E-state index in [2.05, 4.69) is 19.1 Å². The van der Waals surface area contributed by atoms with Crippen molar-refractivity contribution in [2.45, 2.75) is 58.4 Å². The van der Waals surface area contributed by atoms with Gasteiger partial charge in [0.15, 0.2) is 5.78 Å². The molecule has 0 atom stereocenters. The van der Waals surface area contributed by atoms with Crippen molar-refractivity contribution in [3.63, 3.8) is 0 Å². The first kappa shape index (κ1) is 24.6. The lowest BCUT2D eigenvalue weighted by Crippen LogP contribution is -2.21. The number of unbranched alkanes of at least 4 members (excludes halogenated alkanes) is 5. The first-order valence-corrected chi connectivity index (χ1v) is 12.0. The molecule has 1 aromatic heterocycles. The smallest absolute Gasteiger partial charge is 0.253 e. The van der Waals surface area contributed by atoms with Crippen LogP contribution in [-0.4, -0.2) is 41.9 Å². The molecule has 0 aliphatic heterocycles. The summed E-state index contributed by atoms with van der Waals surface area (Å²) in [5.41, 5.74) is 2.88. The van der Waals surface area contributed by atoms with Gasteiger partial charge in [0.1, 0.15) is 12.4 Å².